The van der Waals surface area contributed by atoms with E-state index in [2.05, 4.69) is 20.7 Å². The maximum atomic E-state index is 12.4. The molecule has 1 aromatic rings. The molecule has 6 nitrogen and oxygen atoms in total. The van der Waals surface area contributed by atoms with Gasteiger partial charge in [-0.2, -0.15) is 0 Å². The van der Waals surface area contributed by atoms with E-state index in [9.17, 15) is 13.5 Å². The second-order valence-electron chi connectivity index (χ2n) is 4.78. The van der Waals surface area contributed by atoms with Gasteiger partial charge in [0.1, 0.15) is 10.6 Å². The highest BCUT2D eigenvalue weighted by atomic mass is 79.9. The number of halogens is 1. The van der Waals surface area contributed by atoms with E-state index in [4.69, 9.17) is 10.5 Å². The molecule has 0 bridgehead atoms. The lowest BCUT2D eigenvalue weighted by molar-refractivity contribution is 0.0377. The average molecular weight is 381 g/mol. The highest BCUT2D eigenvalue weighted by Gasteiger charge is 2.27. The number of nitrogen functional groups attached to an aromatic ring is 1. The van der Waals surface area contributed by atoms with Gasteiger partial charge < -0.3 is 15.6 Å². The first-order valence-electron chi connectivity index (χ1n) is 6.54. The van der Waals surface area contributed by atoms with Crippen LogP contribution in [0.4, 0.5) is 5.69 Å². The molecule has 0 atom stereocenters. The van der Waals surface area contributed by atoms with Crippen LogP contribution < -0.4 is 15.2 Å². The molecule has 0 spiro atoms. The molecule has 0 radical (unpaired) electrons. The Balaban J connectivity index is 3.11. The van der Waals surface area contributed by atoms with Gasteiger partial charge in [0.05, 0.1) is 12.7 Å². The average Bonchev–Trinajstić information content (AvgIpc) is 2.47. The number of hydrogen-bond acceptors (Lipinski definition) is 5. The number of benzene rings is 1. The summed E-state index contributed by atoms with van der Waals surface area (Å²) in [6.07, 6.45) is 0.900. The molecule has 0 aromatic heterocycles. The summed E-state index contributed by atoms with van der Waals surface area (Å²) < 4.78 is 32.8. The van der Waals surface area contributed by atoms with Gasteiger partial charge in [-0.25, -0.2) is 13.1 Å². The molecule has 0 aliphatic heterocycles. The Morgan fingerprint density at radius 3 is 2.43 bits per heavy atom. The zero-order valence-corrected chi connectivity index (χ0v) is 14.7. The zero-order chi connectivity index (χ0) is 16.3. The van der Waals surface area contributed by atoms with Crippen molar-refractivity contribution in [2.75, 3.05) is 19.4 Å². The second-order valence-corrected chi connectivity index (χ2v) is 7.37. The summed E-state index contributed by atoms with van der Waals surface area (Å²) in [4.78, 5) is -0.0553. The molecule has 8 heteroatoms. The molecule has 120 valence electrons. The summed E-state index contributed by atoms with van der Waals surface area (Å²) in [6.45, 7) is 3.54. The number of anilines is 1. The lowest BCUT2D eigenvalue weighted by Crippen LogP contribution is -2.42. The molecule has 0 aliphatic carbocycles. The van der Waals surface area contributed by atoms with E-state index in [0.29, 0.717) is 17.3 Å². The summed E-state index contributed by atoms with van der Waals surface area (Å²) in [5.41, 5.74) is 4.95. The number of methoxy groups -OCH3 is 1. The normalized spacial score (nSPS) is 12.4. The Hall–Kier alpha value is -0.830. The molecule has 4 N–H and O–H groups in total. The molecule has 0 fully saturated rings. The predicted octanol–water partition coefficient (Wildman–Crippen LogP) is 1.87. The van der Waals surface area contributed by atoms with Crippen LogP contribution in [0, 0.1) is 0 Å². The second kappa shape index (κ2) is 6.95. The molecule has 21 heavy (non-hydrogen) atoms. The SMILES string of the molecule is CCC(O)(CC)CNS(=O)(=O)c1cc(N)c(Br)cc1OC. The van der Waals surface area contributed by atoms with E-state index in [1.165, 1.54) is 19.2 Å². The van der Waals surface area contributed by atoms with Crippen LogP contribution in [0.25, 0.3) is 0 Å². The minimum atomic E-state index is -3.83. The predicted molar refractivity (Wildman–Crippen MR) is 85.8 cm³/mol. The first-order valence-corrected chi connectivity index (χ1v) is 8.81. The van der Waals surface area contributed by atoms with Crippen molar-refractivity contribution in [3.05, 3.63) is 16.6 Å². The number of ether oxygens (including phenoxy) is 1. The van der Waals surface area contributed by atoms with Gasteiger partial charge in [-0.1, -0.05) is 13.8 Å². The highest BCUT2D eigenvalue weighted by Crippen LogP contribution is 2.32. The number of nitrogens with one attached hydrogen (secondary N) is 1. The Kier molecular flexibility index (Phi) is 6.03. The molecule has 0 amide bonds. The van der Waals surface area contributed by atoms with Crippen LogP contribution in [-0.4, -0.2) is 32.8 Å². The smallest absolute Gasteiger partial charge is 0.244 e. The van der Waals surface area contributed by atoms with Crippen molar-refractivity contribution in [2.24, 2.45) is 0 Å². The highest BCUT2D eigenvalue weighted by molar-refractivity contribution is 9.10. The van der Waals surface area contributed by atoms with Crippen LogP contribution in [0.5, 0.6) is 5.75 Å². The van der Waals surface area contributed by atoms with Crippen molar-refractivity contribution < 1.29 is 18.3 Å². The standard InChI is InChI=1S/C13H21BrN2O4S/c1-4-13(17,5-2)8-16-21(18,19)12-7-10(15)9(14)6-11(12)20-3/h6-7,16-17H,4-5,8,15H2,1-3H3. The molecule has 1 rings (SSSR count). The molecular weight excluding hydrogens is 360 g/mol. The van der Waals surface area contributed by atoms with Gasteiger partial charge in [-0.05, 0) is 40.9 Å². The summed E-state index contributed by atoms with van der Waals surface area (Å²) in [7, 11) is -2.45. The third kappa shape index (κ3) is 4.32. The van der Waals surface area contributed by atoms with E-state index in [1.807, 2.05) is 0 Å². The zero-order valence-electron chi connectivity index (χ0n) is 12.3. The van der Waals surface area contributed by atoms with Crippen molar-refractivity contribution in [1.82, 2.24) is 4.72 Å². The van der Waals surface area contributed by atoms with Crippen LogP contribution in [-0.2, 0) is 10.0 Å². The van der Waals surface area contributed by atoms with Gasteiger partial charge in [0.25, 0.3) is 0 Å². The Morgan fingerprint density at radius 2 is 1.95 bits per heavy atom. The van der Waals surface area contributed by atoms with Crippen LogP contribution in [0.1, 0.15) is 26.7 Å². The van der Waals surface area contributed by atoms with Crippen LogP contribution in [0.3, 0.4) is 0 Å². The van der Waals surface area contributed by atoms with Crippen LogP contribution in [0.2, 0.25) is 0 Å². The first kappa shape index (κ1) is 18.2. The van der Waals surface area contributed by atoms with E-state index < -0.39 is 15.6 Å². The fraction of sp³-hybridized carbons (Fsp3) is 0.538. The Bertz CT molecular complexity index is 600. The molecule has 1 aromatic carbocycles. The minimum absolute atomic E-state index is 0.0553. The molecule has 0 saturated heterocycles. The van der Waals surface area contributed by atoms with Crippen LogP contribution in [0.15, 0.2) is 21.5 Å². The number of nitrogens with two attached hydrogens (primary N) is 1. The summed E-state index contributed by atoms with van der Waals surface area (Å²) in [5, 5.41) is 10.2. The van der Waals surface area contributed by atoms with Crippen molar-refractivity contribution in [3.63, 3.8) is 0 Å². The van der Waals surface area contributed by atoms with Gasteiger partial charge in [0.15, 0.2) is 0 Å². The lowest BCUT2D eigenvalue weighted by atomic mass is 9.98. The summed E-state index contributed by atoms with van der Waals surface area (Å²) in [6, 6.07) is 2.82. The quantitative estimate of drug-likeness (QED) is 0.626. The van der Waals surface area contributed by atoms with Crippen molar-refractivity contribution in [2.45, 2.75) is 37.2 Å². The van der Waals surface area contributed by atoms with Gasteiger partial charge in [-0.15, -0.1) is 0 Å². The van der Waals surface area contributed by atoms with Gasteiger partial charge in [-0.3, -0.25) is 0 Å². The maximum Gasteiger partial charge on any atom is 0.244 e. The van der Waals surface area contributed by atoms with Gasteiger partial charge in [0.2, 0.25) is 10.0 Å². The number of aliphatic hydroxyl groups is 1. The number of sulfonamides is 1. The van der Waals surface area contributed by atoms with Gasteiger partial charge in [0, 0.05) is 16.7 Å². The van der Waals surface area contributed by atoms with E-state index >= 15 is 0 Å². The largest absolute Gasteiger partial charge is 0.495 e. The molecule has 0 saturated carbocycles. The van der Waals surface area contributed by atoms with Crippen molar-refractivity contribution in [1.29, 1.82) is 0 Å². The van der Waals surface area contributed by atoms with E-state index in [0.717, 1.165) is 0 Å². The lowest BCUT2D eigenvalue weighted by Gasteiger charge is -2.25. The van der Waals surface area contributed by atoms with E-state index in [-0.39, 0.29) is 22.9 Å². The van der Waals surface area contributed by atoms with Crippen molar-refractivity contribution in [3.8, 4) is 5.75 Å². The van der Waals surface area contributed by atoms with Crippen LogP contribution >= 0.6 is 15.9 Å². The third-order valence-corrected chi connectivity index (χ3v) is 5.59. The number of hydrogen-bond donors (Lipinski definition) is 3. The maximum absolute atomic E-state index is 12.4. The fourth-order valence-electron chi connectivity index (χ4n) is 1.73. The first-order chi connectivity index (χ1) is 9.69. The monoisotopic (exact) mass is 380 g/mol. The Labute approximate surface area is 133 Å². The fourth-order valence-corrected chi connectivity index (χ4v) is 3.35. The Morgan fingerprint density at radius 1 is 1.38 bits per heavy atom. The number of rotatable bonds is 7. The molecule has 0 unspecified atom stereocenters. The summed E-state index contributed by atoms with van der Waals surface area (Å²) >= 11 is 3.22. The van der Waals surface area contributed by atoms with Gasteiger partial charge >= 0.3 is 0 Å². The summed E-state index contributed by atoms with van der Waals surface area (Å²) in [5.74, 6) is 0.181. The van der Waals surface area contributed by atoms with Crippen molar-refractivity contribution >= 4 is 31.6 Å². The molecule has 0 aliphatic rings. The minimum Gasteiger partial charge on any atom is -0.495 e. The molecule has 0 heterocycles. The molecular formula is C13H21BrN2O4S. The third-order valence-electron chi connectivity index (χ3n) is 3.48. The van der Waals surface area contributed by atoms with E-state index in [1.54, 1.807) is 13.8 Å². The topological polar surface area (TPSA) is 102 Å².